The van der Waals surface area contributed by atoms with Crippen molar-refractivity contribution in [3.05, 3.63) is 36.4 Å². The third-order valence-corrected chi connectivity index (χ3v) is 9.67. The maximum atomic E-state index is 13.1. The highest BCUT2D eigenvalue weighted by molar-refractivity contribution is 7.89. The van der Waals surface area contributed by atoms with Gasteiger partial charge in [-0.25, -0.2) is 22.9 Å². The van der Waals surface area contributed by atoms with Crippen LogP contribution in [0.3, 0.4) is 0 Å². The first-order chi connectivity index (χ1) is 19.0. The Hall–Kier alpha value is -3.42. The van der Waals surface area contributed by atoms with Crippen LogP contribution in [0.2, 0.25) is 0 Å². The Morgan fingerprint density at radius 1 is 1.02 bits per heavy atom. The Morgan fingerprint density at radius 3 is 2.40 bits per heavy atom. The van der Waals surface area contributed by atoms with Gasteiger partial charge in [0.05, 0.1) is 10.6 Å². The summed E-state index contributed by atoms with van der Waals surface area (Å²) in [5.41, 5.74) is 1.25. The molecule has 0 spiro atoms. The molecule has 1 aromatic heterocycles. The van der Waals surface area contributed by atoms with E-state index in [1.807, 2.05) is 24.9 Å². The Morgan fingerprint density at radius 2 is 1.73 bits per heavy atom. The number of pyridine rings is 1. The molecule has 2 fully saturated rings. The first kappa shape index (κ1) is 28.1. The largest absolute Gasteiger partial charge is 0.465 e. The number of carbonyl (C=O) groups excluding carboxylic acids is 1. The highest BCUT2D eigenvalue weighted by Gasteiger charge is 2.40. The second-order valence-electron chi connectivity index (χ2n) is 10.9. The molecule has 0 radical (unpaired) electrons. The van der Waals surface area contributed by atoms with Gasteiger partial charge in [0.25, 0.3) is 0 Å². The normalized spacial score (nSPS) is 21.4. The van der Waals surface area contributed by atoms with E-state index in [1.165, 1.54) is 4.90 Å². The van der Waals surface area contributed by atoms with Crippen molar-refractivity contribution in [2.75, 3.05) is 55.4 Å². The van der Waals surface area contributed by atoms with Crippen LogP contribution in [-0.4, -0.2) is 98.7 Å². The molecule has 2 saturated heterocycles. The van der Waals surface area contributed by atoms with Crippen molar-refractivity contribution in [1.29, 1.82) is 0 Å². The first-order valence-electron chi connectivity index (χ1n) is 13.7. The number of anilines is 4. The van der Waals surface area contributed by atoms with Crippen LogP contribution in [-0.2, 0) is 14.8 Å². The Bertz CT molecular complexity index is 1370. The van der Waals surface area contributed by atoms with Gasteiger partial charge in [-0.1, -0.05) is 6.07 Å². The summed E-state index contributed by atoms with van der Waals surface area (Å²) >= 11 is 0. The van der Waals surface area contributed by atoms with E-state index in [2.05, 4.69) is 14.9 Å². The van der Waals surface area contributed by atoms with Crippen LogP contribution in [0.5, 0.6) is 0 Å². The molecule has 13 heteroatoms. The van der Waals surface area contributed by atoms with Gasteiger partial charge >= 0.3 is 6.09 Å². The lowest BCUT2D eigenvalue weighted by Gasteiger charge is -2.45. The average molecular weight is 572 g/mol. The number of piperidine rings is 2. The number of likely N-dealkylation sites (N-methyl/N-ethyl adjacent to an activating group) is 1. The summed E-state index contributed by atoms with van der Waals surface area (Å²) in [4.78, 5) is 36.7. The number of benzene rings is 1. The second-order valence-corrected chi connectivity index (χ2v) is 12.6. The van der Waals surface area contributed by atoms with Crippen LogP contribution in [0.15, 0.2) is 41.3 Å². The summed E-state index contributed by atoms with van der Waals surface area (Å²) in [5.74, 6) is 1.10. The van der Waals surface area contributed by atoms with Crippen LogP contribution >= 0.6 is 0 Å². The van der Waals surface area contributed by atoms with E-state index in [4.69, 9.17) is 4.98 Å². The molecule has 12 nitrogen and oxygen atoms in total. The number of rotatable bonds is 6. The van der Waals surface area contributed by atoms with Gasteiger partial charge in [0.1, 0.15) is 11.9 Å². The number of carbonyl (C=O) groups is 2. The number of aromatic nitrogens is 1. The second kappa shape index (κ2) is 11.2. The minimum absolute atomic E-state index is 0.0381. The SMILES string of the molecule is C[C@@H]1C(=O)N(C)c2ccc(Nc3cccc(S(=O)(=O)NC4CCN(C)CC4)c3)nc2N1C1CCN(C(=O)O)CC1. The zero-order valence-electron chi connectivity index (χ0n) is 23.1. The maximum absolute atomic E-state index is 13.1. The predicted octanol–water partition coefficient (Wildman–Crippen LogP) is 2.51. The van der Waals surface area contributed by atoms with Crippen molar-refractivity contribution >= 4 is 45.0 Å². The first-order valence-corrected chi connectivity index (χ1v) is 15.1. The van der Waals surface area contributed by atoms with E-state index in [0.717, 1.165) is 25.9 Å². The van der Waals surface area contributed by atoms with Gasteiger partial charge in [-0.05, 0) is 83.1 Å². The lowest BCUT2D eigenvalue weighted by atomic mass is 9.99. The minimum atomic E-state index is -3.69. The van der Waals surface area contributed by atoms with Gasteiger partial charge in [0.15, 0.2) is 5.82 Å². The average Bonchev–Trinajstić information content (AvgIpc) is 2.93. The molecular weight excluding hydrogens is 534 g/mol. The van der Waals surface area contributed by atoms with E-state index >= 15 is 0 Å². The molecule has 1 aromatic carbocycles. The quantitative estimate of drug-likeness (QED) is 0.477. The number of amides is 2. The van der Waals surface area contributed by atoms with Gasteiger partial charge in [-0.15, -0.1) is 0 Å². The van der Waals surface area contributed by atoms with E-state index in [9.17, 15) is 23.1 Å². The van der Waals surface area contributed by atoms with Gasteiger partial charge < -0.3 is 30.0 Å². The zero-order valence-corrected chi connectivity index (χ0v) is 23.9. The lowest BCUT2D eigenvalue weighted by molar-refractivity contribution is -0.119. The molecule has 5 rings (SSSR count). The Labute approximate surface area is 235 Å². The minimum Gasteiger partial charge on any atom is -0.465 e. The number of carboxylic acid groups (broad SMARTS) is 1. The fourth-order valence-corrected chi connectivity index (χ4v) is 7.14. The number of nitrogens with one attached hydrogen (secondary N) is 2. The fraction of sp³-hybridized carbons (Fsp3) is 0.519. The summed E-state index contributed by atoms with van der Waals surface area (Å²) in [5, 5.41) is 12.6. The van der Waals surface area contributed by atoms with E-state index in [0.29, 0.717) is 48.9 Å². The van der Waals surface area contributed by atoms with Crippen molar-refractivity contribution in [3.63, 3.8) is 0 Å². The molecule has 0 saturated carbocycles. The number of fused-ring (bicyclic) bond motifs is 1. The monoisotopic (exact) mass is 571 g/mol. The number of hydrogen-bond acceptors (Lipinski definition) is 8. The molecule has 3 aliphatic heterocycles. The maximum Gasteiger partial charge on any atom is 0.407 e. The van der Waals surface area contributed by atoms with Crippen molar-refractivity contribution in [2.24, 2.45) is 0 Å². The zero-order chi connectivity index (χ0) is 28.6. The summed E-state index contributed by atoms with van der Waals surface area (Å²) in [7, 11) is 0.0706. The molecule has 0 aliphatic carbocycles. The molecule has 0 bridgehead atoms. The fourth-order valence-electron chi connectivity index (χ4n) is 5.79. The third kappa shape index (κ3) is 5.72. The molecule has 2 aromatic rings. The Kier molecular flexibility index (Phi) is 7.89. The molecule has 1 atom stereocenters. The number of sulfonamides is 1. The summed E-state index contributed by atoms with van der Waals surface area (Å²) in [6.45, 7) is 4.35. The third-order valence-electron chi connectivity index (χ3n) is 8.15. The van der Waals surface area contributed by atoms with Crippen LogP contribution in [0.4, 0.5) is 27.8 Å². The molecule has 4 heterocycles. The summed E-state index contributed by atoms with van der Waals surface area (Å²) in [6, 6.07) is 9.67. The summed E-state index contributed by atoms with van der Waals surface area (Å²) < 4.78 is 29.1. The van der Waals surface area contributed by atoms with Gasteiger partial charge in [0.2, 0.25) is 15.9 Å². The van der Waals surface area contributed by atoms with Crippen LogP contribution < -0.4 is 19.8 Å². The number of hydrogen-bond donors (Lipinski definition) is 3. The van der Waals surface area contributed by atoms with Crippen molar-refractivity contribution in [3.8, 4) is 0 Å². The Balaban J connectivity index is 1.37. The molecule has 3 N–H and O–H groups in total. The molecule has 3 aliphatic rings. The van der Waals surface area contributed by atoms with Gasteiger partial charge in [0, 0.05) is 37.9 Å². The molecular formula is C27H37N7O5S. The van der Waals surface area contributed by atoms with Crippen molar-refractivity contribution < 1.29 is 23.1 Å². The van der Waals surface area contributed by atoms with Crippen LogP contribution in [0.25, 0.3) is 0 Å². The van der Waals surface area contributed by atoms with Crippen molar-refractivity contribution in [2.45, 2.75) is 55.6 Å². The number of nitrogens with zero attached hydrogens (tertiary/aromatic N) is 5. The van der Waals surface area contributed by atoms with Gasteiger partial charge in [-0.2, -0.15) is 0 Å². The predicted molar refractivity (Wildman–Crippen MR) is 153 cm³/mol. The standard InChI is InChI=1S/C27H37N7O5S/c1-18-26(35)32(3)23-7-8-24(29-25(23)34(18)21-11-15-33(16-12-21)27(36)37)28-20-5-4-6-22(17-20)40(38,39)30-19-9-13-31(2)14-10-19/h4-8,17-19,21,30H,9-16H2,1-3H3,(H,28,29)(H,36,37)/t18-/m1/s1. The molecule has 2 amide bonds. The summed E-state index contributed by atoms with van der Waals surface area (Å²) in [6.07, 6.45) is 1.80. The smallest absolute Gasteiger partial charge is 0.407 e. The highest BCUT2D eigenvalue weighted by atomic mass is 32.2. The topological polar surface area (TPSA) is 138 Å². The molecule has 40 heavy (non-hydrogen) atoms. The highest BCUT2D eigenvalue weighted by Crippen LogP contribution is 2.38. The van der Waals surface area contributed by atoms with Crippen LogP contribution in [0, 0.1) is 0 Å². The van der Waals surface area contributed by atoms with E-state index < -0.39 is 22.2 Å². The molecule has 216 valence electrons. The van der Waals surface area contributed by atoms with Gasteiger partial charge in [-0.3, -0.25) is 4.79 Å². The van der Waals surface area contributed by atoms with E-state index in [1.54, 1.807) is 42.3 Å². The molecule has 0 unspecified atom stereocenters. The van der Waals surface area contributed by atoms with Crippen LogP contribution in [0.1, 0.15) is 32.6 Å². The van der Waals surface area contributed by atoms with Crippen molar-refractivity contribution in [1.82, 2.24) is 19.5 Å². The lowest BCUT2D eigenvalue weighted by Crippen LogP contribution is -2.57. The number of likely N-dealkylation sites (tertiary alicyclic amines) is 2. The van der Waals surface area contributed by atoms with E-state index in [-0.39, 0.29) is 22.9 Å².